The number of carbonyl (C=O) groups is 3. The van der Waals surface area contributed by atoms with Gasteiger partial charge in [-0.1, -0.05) is 198 Å². The van der Waals surface area contributed by atoms with E-state index in [9.17, 15) is 14.4 Å². The first-order valence-electron chi connectivity index (χ1n) is 23.6. The normalized spacial score (nSPS) is 13.5. The molecule has 0 amide bonds. The molecule has 0 aromatic rings. The van der Waals surface area contributed by atoms with E-state index in [0.29, 0.717) is 25.7 Å². The molecular weight excluding hydrogens is 769 g/mol. The minimum absolute atomic E-state index is 0.146. The molecule has 62 heavy (non-hydrogen) atoms. The maximum Gasteiger partial charge on any atom is 0.306 e. The van der Waals surface area contributed by atoms with Gasteiger partial charge in [0.15, 0.2) is 6.10 Å². The van der Waals surface area contributed by atoms with Crippen molar-refractivity contribution in [3.8, 4) is 0 Å². The molecule has 0 aliphatic carbocycles. The van der Waals surface area contributed by atoms with Gasteiger partial charge in [0.1, 0.15) is 13.2 Å². The Balaban J connectivity index is 4.65. The highest BCUT2D eigenvalue weighted by Gasteiger charge is 2.19. The van der Waals surface area contributed by atoms with Gasteiger partial charge in [0, 0.05) is 19.3 Å². The molecule has 1 atom stereocenters. The Morgan fingerprint density at radius 2 is 0.710 bits per heavy atom. The summed E-state index contributed by atoms with van der Waals surface area (Å²) in [4.78, 5) is 37.8. The van der Waals surface area contributed by atoms with Crippen molar-refractivity contribution < 1.29 is 28.6 Å². The first kappa shape index (κ1) is 57.0. The number of rotatable bonds is 39. The molecule has 0 fully saturated rings. The van der Waals surface area contributed by atoms with E-state index < -0.39 is 18.0 Å². The zero-order valence-electron chi connectivity index (χ0n) is 38.8. The second-order valence-corrected chi connectivity index (χ2v) is 14.6. The molecule has 0 saturated heterocycles. The van der Waals surface area contributed by atoms with E-state index in [0.717, 1.165) is 96.3 Å². The molecule has 6 heteroatoms. The highest BCUT2D eigenvalue weighted by atomic mass is 16.6. The number of esters is 3. The Hall–Kier alpha value is -4.97. The molecule has 0 spiro atoms. The lowest BCUT2D eigenvalue weighted by molar-refractivity contribution is -0.166. The number of unbranched alkanes of at least 4 members (excludes halogenated alkanes) is 6. The monoisotopic (exact) mass is 851 g/mol. The van der Waals surface area contributed by atoms with Gasteiger partial charge in [-0.25, -0.2) is 0 Å². The molecule has 6 nitrogen and oxygen atoms in total. The number of ether oxygens (including phenoxy) is 3. The summed E-state index contributed by atoms with van der Waals surface area (Å²) < 4.78 is 16.6. The van der Waals surface area contributed by atoms with E-state index in [1.165, 1.54) is 0 Å². The predicted molar refractivity (Wildman–Crippen MR) is 265 cm³/mol. The fourth-order valence-electron chi connectivity index (χ4n) is 5.47. The van der Waals surface area contributed by atoms with Crippen molar-refractivity contribution in [2.24, 2.45) is 0 Å². The summed E-state index contributed by atoms with van der Waals surface area (Å²) in [6.45, 7) is 6.08. The van der Waals surface area contributed by atoms with Crippen LogP contribution in [0.1, 0.15) is 156 Å². The Labute approximate surface area is 378 Å². The average Bonchev–Trinajstić information content (AvgIpc) is 3.27. The van der Waals surface area contributed by atoms with Crippen LogP contribution in [0.25, 0.3) is 0 Å². The van der Waals surface area contributed by atoms with Crippen LogP contribution in [-0.2, 0) is 28.6 Å². The maximum atomic E-state index is 12.7. The molecule has 0 aromatic carbocycles. The van der Waals surface area contributed by atoms with E-state index in [2.05, 4.69) is 112 Å². The molecule has 0 heterocycles. The van der Waals surface area contributed by atoms with Crippen LogP contribution in [0.2, 0.25) is 0 Å². The topological polar surface area (TPSA) is 78.9 Å². The minimum Gasteiger partial charge on any atom is -0.462 e. The lowest BCUT2D eigenvalue weighted by Gasteiger charge is -2.18. The van der Waals surface area contributed by atoms with Crippen LogP contribution >= 0.6 is 0 Å². The summed E-state index contributed by atoms with van der Waals surface area (Å²) in [5.74, 6) is -1.14. The highest BCUT2D eigenvalue weighted by molar-refractivity contribution is 5.71. The van der Waals surface area contributed by atoms with Gasteiger partial charge in [0.2, 0.25) is 0 Å². The van der Waals surface area contributed by atoms with E-state index in [1.807, 2.05) is 66.8 Å². The molecule has 342 valence electrons. The second-order valence-electron chi connectivity index (χ2n) is 14.6. The van der Waals surface area contributed by atoms with Crippen LogP contribution in [0, 0.1) is 0 Å². The number of hydrogen-bond acceptors (Lipinski definition) is 6. The third-order valence-electron chi connectivity index (χ3n) is 8.90. The van der Waals surface area contributed by atoms with Crippen molar-refractivity contribution in [3.05, 3.63) is 158 Å². The third-order valence-corrected chi connectivity index (χ3v) is 8.90. The van der Waals surface area contributed by atoms with Gasteiger partial charge >= 0.3 is 17.9 Å². The maximum absolute atomic E-state index is 12.7. The molecule has 0 aromatic heterocycles. The summed E-state index contributed by atoms with van der Waals surface area (Å²) in [7, 11) is 0. The van der Waals surface area contributed by atoms with Gasteiger partial charge in [-0.2, -0.15) is 0 Å². The van der Waals surface area contributed by atoms with Gasteiger partial charge in [0.05, 0.1) is 0 Å². The standard InChI is InChI=1S/C56H82O6/c1-4-7-10-13-16-19-22-25-26-27-28-29-30-32-34-37-40-43-46-49-55(58)61-52-53(51-60-54(57)48-45-42-39-36-33-24-21-18-15-12-9-6-3)62-56(59)50-47-44-41-38-35-31-23-20-17-14-11-8-5-2/h7-12,14,16-21,23,25-26,28-29,31-32,34-35,38,40-41,43,53H,4-6,13,15,22,24,27,30,33,36-37,39,42,44-52H2,1-3H3/b10-7-,11-8-,12-9-,17-14-,19-16-,21-18-,23-20-,26-25-,29-28-,34-32-,35-31-,41-38-,43-40-. The zero-order valence-corrected chi connectivity index (χ0v) is 38.8. The molecule has 0 bridgehead atoms. The zero-order chi connectivity index (χ0) is 45.1. The first-order chi connectivity index (χ1) is 30.5. The number of carbonyl (C=O) groups excluding carboxylic acids is 3. The quantitative estimate of drug-likeness (QED) is 0.0202. The number of allylic oxidation sites excluding steroid dienone is 26. The molecule has 0 aliphatic rings. The van der Waals surface area contributed by atoms with Gasteiger partial charge in [0.25, 0.3) is 0 Å². The summed E-state index contributed by atoms with van der Waals surface area (Å²) in [5.41, 5.74) is 0. The van der Waals surface area contributed by atoms with Crippen LogP contribution in [0.5, 0.6) is 0 Å². The van der Waals surface area contributed by atoms with Gasteiger partial charge in [-0.15, -0.1) is 0 Å². The number of hydrogen-bond donors (Lipinski definition) is 0. The van der Waals surface area contributed by atoms with Crippen LogP contribution < -0.4 is 0 Å². The van der Waals surface area contributed by atoms with Crippen molar-refractivity contribution >= 4 is 17.9 Å². The minimum atomic E-state index is -0.858. The molecule has 0 aliphatic heterocycles. The van der Waals surface area contributed by atoms with Crippen LogP contribution in [0.4, 0.5) is 0 Å². The van der Waals surface area contributed by atoms with Crippen LogP contribution in [0.3, 0.4) is 0 Å². The van der Waals surface area contributed by atoms with Crippen LogP contribution in [0.15, 0.2) is 158 Å². The molecule has 0 radical (unpaired) electrons. The molecular formula is C56H82O6. The molecule has 1 unspecified atom stereocenters. The summed E-state index contributed by atoms with van der Waals surface area (Å²) >= 11 is 0. The third kappa shape index (κ3) is 46.1. The van der Waals surface area contributed by atoms with Crippen molar-refractivity contribution in [1.82, 2.24) is 0 Å². The Kier molecular flexibility index (Phi) is 44.8. The smallest absolute Gasteiger partial charge is 0.306 e. The van der Waals surface area contributed by atoms with E-state index in [1.54, 1.807) is 0 Å². The van der Waals surface area contributed by atoms with Gasteiger partial charge in [-0.05, 0) is 96.3 Å². The molecule has 0 rings (SSSR count). The molecule has 0 saturated carbocycles. The molecule has 0 N–H and O–H groups in total. The van der Waals surface area contributed by atoms with Crippen molar-refractivity contribution in [1.29, 1.82) is 0 Å². The largest absolute Gasteiger partial charge is 0.462 e. The second kappa shape index (κ2) is 48.7. The van der Waals surface area contributed by atoms with Crippen molar-refractivity contribution in [2.75, 3.05) is 13.2 Å². The SMILES string of the molecule is CC\C=C/C=C\C=C/C=C\C=C/CCCC(=O)OC(COC(=O)CC/C=C\C/C=C\C/C=C\C/C=C\C/C=C\C/C=C\CC)COC(=O)CCCCCCC/C=C\C/C=C\CC. The lowest BCUT2D eigenvalue weighted by Crippen LogP contribution is -2.30. The van der Waals surface area contributed by atoms with Crippen LogP contribution in [-0.4, -0.2) is 37.2 Å². The van der Waals surface area contributed by atoms with E-state index >= 15 is 0 Å². The van der Waals surface area contributed by atoms with Crippen molar-refractivity contribution in [2.45, 2.75) is 162 Å². The lowest BCUT2D eigenvalue weighted by atomic mass is 10.1. The van der Waals surface area contributed by atoms with Gasteiger partial charge < -0.3 is 14.2 Å². The summed E-state index contributed by atoms with van der Waals surface area (Å²) in [6, 6.07) is 0. The van der Waals surface area contributed by atoms with Crippen molar-refractivity contribution in [3.63, 3.8) is 0 Å². The Morgan fingerprint density at radius 3 is 1.23 bits per heavy atom. The average molecular weight is 851 g/mol. The Morgan fingerprint density at radius 1 is 0.339 bits per heavy atom. The fraction of sp³-hybridized carbons (Fsp3) is 0.482. The van der Waals surface area contributed by atoms with E-state index in [-0.39, 0.29) is 32.0 Å². The summed E-state index contributed by atoms with van der Waals surface area (Å²) in [5, 5.41) is 0. The predicted octanol–water partition coefficient (Wildman–Crippen LogP) is 15.5. The summed E-state index contributed by atoms with van der Waals surface area (Å²) in [6.07, 6.45) is 71.1. The van der Waals surface area contributed by atoms with Gasteiger partial charge in [-0.3, -0.25) is 14.4 Å². The fourth-order valence-corrected chi connectivity index (χ4v) is 5.47. The first-order valence-corrected chi connectivity index (χ1v) is 23.6. The Bertz CT molecular complexity index is 1490. The van der Waals surface area contributed by atoms with E-state index in [4.69, 9.17) is 14.2 Å². The highest BCUT2D eigenvalue weighted by Crippen LogP contribution is 2.10.